The monoisotopic (exact) mass is 681 g/mol. The molecule has 0 fully saturated rings. The largest absolute Gasteiger partial charge is 0.573 e. The van der Waals surface area contributed by atoms with Gasteiger partial charge in [-0.25, -0.2) is 32.8 Å². The van der Waals surface area contributed by atoms with E-state index in [4.69, 9.17) is 4.74 Å². The quantitative estimate of drug-likeness (QED) is 0.161. The second-order valence-electron chi connectivity index (χ2n) is 10.2. The summed E-state index contributed by atoms with van der Waals surface area (Å²) in [5, 5.41) is 14.4. The molecular weight excluding hydrogens is 651 g/mol. The lowest BCUT2D eigenvalue weighted by Crippen LogP contribution is -2.29. The highest BCUT2D eigenvalue weighted by Gasteiger charge is 2.31. The number of carbonyl (C=O) groups is 1. The molecule has 0 radical (unpaired) electrons. The van der Waals surface area contributed by atoms with Crippen LogP contribution in [0.5, 0.6) is 5.75 Å². The Morgan fingerprint density at radius 1 is 1.04 bits per heavy atom. The molecule has 0 aliphatic heterocycles. The molecule has 2 heterocycles. The Labute approximate surface area is 275 Å². The topological polar surface area (TPSA) is 138 Å². The van der Waals surface area contributed by atoms with Crippen LogP contribution < -0.4 is 15.2 Å². The van der Waals surface area contributed by atoms with Crippen molar-refractivity contribution in [1.82, 2.24) is 23.3 Å². The van der Waals surface area contributed by atoms with Gasteiger partial charge in [-0.3, -0.25) is 0 Å². The van der Waals surface area contributed by atoms with Gasteiger partial charge in [0.1, 0.15) is 12.1 Å². The van der Waals surface area contributed by atoms with E-state index in [-0.39, 0.29) is 28.7 Å². The minimum Gasteiger partial charge on any atom is -0.480 e. The van der Waals surface area contributed by atoms with Gasteiger partial charge in [-0.2, -0.15) is 4.99 Å². The SMILES string of the molecule is CCc1ccccc1-n1c(=O)n(CC)s/c1=N\C(=NC(Cc1ccc(-c2ncn(-c3ccc(OC(F)(F)F)cc3)n2)cc1)C(=O)O)OC. The smallest absolute Gasteiger partial charge is 0.480 e. The zero-order valence-electron chi connectivity index (χ0n) is 26.0. The Hall–Kier alpha value is -5.51. The number of aromatic nitrogens is 5. The van der Waals surface area contributed by atoms with Crippen LogP contribution in [0.25, 0.3) is 22.8 Å². The fraction of sp³-hybridized carbons (Fsp3) is 0.250. The molecule has 16 heteroatoms. The number of carboxylic acids is 1. The van der Waals surface area contributed by atoms with E-state index in [9.17, 15) is 27.9 Å². The fourth-order valence-corrected chi connectivity index (χ4v) is 5.60. The third-order valence-corrected chi connectivity index (χ3v) is 8.15. The number of methoxy groups -OCH3 is 1. The van der Waals surface area contributed by atoms with E-state index in [2.05, 4.69) is 24.8 Å². The zero-order valence-corrected chi connectivity index (χ0v) is 26.8. The second kappa shape index (κ2) is 14.5. The first-order valence-corrected chi connectivity index (χ1v) is 15.4. The van der Waals surface area contributed by atoms with Crippen molar-refractivity contribution in [2.24, 2.45) is 9.98 Å². The van der Waals surface area contributed by atoms with Crippen molar-refractivity contribution in [3.05, 3.63) is 106 Å². The van der Waals surface area contributed by atoms with Gasteiger partial charge < -0.3 is 14.6 Å². The number of aryl methyl sites for hydroxylation is 2. The lowest BCUT2D eigenvalue weighted by atomic mass is 10.0. The Balaban J connectivity index is 1.37. The van der Waals surface area contributed by atoms with E-state index in [0.29, 0.717) is 41.3 Å². The summed E-state index contributed by atoms with van der Waals surface area (Å²) in [6.07, 6.45) is -2.67. The third kappa shape index (κ3) is 7.88. The molecule has 0 aliphatic rings. The summed E-state index contributed by atoms with van der Waals surface area (Å²) < 4.78 is 51.0. The van der Waals surface area contributed by atoms with Gasteiger partial charge in [0.25, 0.3) is 0 Å². The number of aliphatic carboxylic acids is 1. The molecule has 48 heavy (non-hydrogen) atoms. The van der Waals surface area contributed by atoms with E-state index < -0.39 is 18.4 Å². The maximum atomic E-state index is 13.2. The molecule has 1 unspecified atom stereocenters. The zero-order chi connectivity index (χ0) is 34.4. The van der Waals surface area contributed by atoms with E-state index in [0.717, 1.165) is 17.1 Å². The predicted molar refractivity (Wildman–Crippen MR) is 172 cm³/mol. The van der Waals surface area contributed by atoms with Crippen LogP contribution in [-0.4, -0.2) is 59.9 Å². The summed E-state index contributed by atoms with van der Waals surface area (Å²) in [6.45, 7) is 4.25. The van der Waals surface area contributed by atoms with E-state index in [1.807, 2.05) is 38.1 Å². The first kappa shape index (κ1) is 33.8. The number of aliphatic imine (C=N–C) groups is 1. The molecule has 0 bridgehead atoms. The van der Waals surface area contributed by atoms with Crippen molar-refractivity contribution in [3.63, 3.8) is 0 Å². The first-order valence-electron chi connectivity index (χ1n) is 14.7. The molecule has 3 aromatic carbocycles. The maximum Gasteiger partial charge on any atom is 0.573 e. The molecule has 0 aliphatic carbocycles. The number of alkyl halides is 3. The van der Waals surface area contributed by atoms with Gasteiger partial charge >= 0.3 is 24.0 Å². The Morgan fingerprint density at radius 2 is 1.75 bits per heavy atom. The number of carboxylic acid groups (broad SMARTS) is 1. The molecule has 250 valence electrons. The van der Waals surface area contributed by atoms with Gasteiger partial charge in [-0.05, 0) is 66.3 Å². The molecule has 0 spiro atoms. The van der Waals surface area contributed by atoms with Gasteiger partial charge in [0.2, 0.25) is 4.80 Å². The number of rotatable bonds is 10. The molecule has 0 saturated carbocycles. The third-order valence-electron chi connectivity index (χ3n) is 7.08. The molecule has 2 aromatic heterocycles. The number of para-hydroxylation sites is 1. The van der Waals surface area contributed by atoms with Crippen LogP contribution in [0.2, 0.25) is 0 Å². The molecule has 12 nitrogen and oxygen atoms in total. The van der Waals surface area contributed by atoms with Crippen molar-refractivity contribution >= 4 is 23.5 Å². The minimum absolute atomic E-state index is 0.0110. The summed E-state index contributed by atoms with van der Waals surface area (Å²) >= 11 is 1.12. The number of nitrogens with zero attached hydrogens (tertiary/aromatic N) is 7. The van der Waals surface area contributed by atoms with Crippen LogP contribution in [0.1, 0.15) is 25.0 Å². The maximum absolute atomic E-state index is 13.2. The van der Waals surface area contributed by atoms with Crippen molar-refractivity contribution in [2.75, 3.05) is 7.11 Å². The standard InChI is InChI=1S/C32H30F3N7O5S/c1-4-21-8-6-7-9-26(21)42-30(48-41(5-2)31(42)45)38-29(46-3)37-25(28(43)44)18-20-10-12-22(13-11-20)27-36-19-40(39-27)23-14-16-24(17-15-23)47-32(33,34)35/h6-17,19,25H,4-5,18H2,1-3H3,(H,43,44)/b37-29?,38-30-. The Morgan fingerprint density at radius 3 is 2.38 bits per heavy atom. The van der Waals surface area contributed by atoms with Crippen LogP contribution in [-0.2, 0) is 28.9 Å². The molecule has 1 N–H and O–H groups in total. The molecular formula is C32H30F3N7O5S. The van der Waals surface area contributed by atoms with Crippen molar-refractivity contribution in [3.8, 4) is 28.5 Å². The molecule has 1 atom stereocenters. The van der Waals surface area contributed by atoms with E-state index in [1.54, 1.807) is 24.3 Å². The Kier molecular flexibility index (Phi) is 10.2. The molecule has 5 rings (SSSR count). The average molecular weight is 682 g/mol. The van der Waals surface area contributed by atoms with Crippen LogP contribution in [0.15, 0.2) is 93.9 Å². The minimum atomic E-state index is -4.79. The molecule has 0 saturated heterocycles. The van der Waals surface area contributed by atoms with E-state index >= 15 is 0 Å². The van der Waals surface area contributed by atoms with Crippen LogP contribution >= 0.6 is 11.5 Å². The van der Waals surface area contributed by atoms with Crippen molar-refractivity contribution in [1.29, 1.82) is 0 Å². The molecule has 0 amide bonds. The van der Waals surface area contributed by atoms with Gasteiger partial charge in [-0.1, -0.05) is 49.4 Å². The van der Waals surface area contributed by atoms with Crippen molar-refractivity contribution in [2.45, 2.75) is 45.6 Å². The van der Waals surface area contributed by atoms with Gasteiger partial charge in [-0.15, -0.1) is 18.3 Å². The van der Waals surface area contributed by atoms with Gasteiger partial charge in [0, 0.05) is 18.5 Å². The summed E-state index contributed by atoms with van der Waals surface area (Å²) in [4.78, 5) is 38.8. The van der Waals surface area contributed by atoms with Gasteiger partial charge in [0.15, 0.2) is 11.9 Å². The van der Waals surface area contributed by atoms with Crippen LogP contribution in [0.3, 0.4) is 0 Å². The Bertz CT molecular complexity index is 2050. The second-order valence-corrected chi connectivity index (χ2v) is 11.2. The summed E-state index contributed by atoms with van der Waals surface area (Å²) in [5.74, 6) is -1.20. The summed E-state index contributed by atoms with van der Waals surface area (Å²) in [7, 11) is 1.33. The number of benzene rings is 3. The van der Waals surface area contributed by atoms with Crippen molar-refractivity contribution < 1.29 is 32.5 Å². The number of hydrogen-bond donors (Lipinski definition) is 1. The fourth-order valence-electron chi connectivity index (χ4n) is 4.74. The normalized spacial score (nSPS) is 13.0. The van der Waals surface area contributed by atoms with E-state index in [1.165, 1.54) is 50.9 Å². The first-order chi connectivity index (χ1) is 23.0. The lowest BCUT2D eigenvalue weighted by molar-refractivity contribution is -0.274. The lowest BCUT2D eigenvalue weighted by Gasteiger charge is -2.10. The number of halogens is 3. The van der Waals surface area contributed by atoms with Gasteiger partial charge in [0.05, 0.1) is 18.5 Å². The number of hydrogen-bond acceptors (Lipinski definition) is 8. The summed E-state index contributed by atoms with van der Waals surface area (Å²) in [6, 6.07) is 18.1. The van der Waals surface area contributed by atoms with Crippen LogP contribution in [0.4, 0.5) is 13.2 Å². The average Bonchev–Trinajstić information content (AvgIpc) is 3.68. The summed E-state index contributed by atoms with van der Waals surface area (Å²) in [5.41, 5.74) is 3.09. The molecule has 5 aromatic rings. The highest BCUT2D eigenvalue weighted by atomic mass is 32.1. The number of amidine groups is 1. The van der Waals surface area contributed by atoms with Crippen LogP contribution in [0, 0.1) is 0 Å². The predicted octanol–water partition coefficient (Wildman–Crippen LogP) is 5.03. The number of ether oxygens (including phenoxy) is 2. The highest BCUT2D eigenvalue weighted by molar-refractivity contribution is 7.03. The highest BCUT2D eigenvalue weighted by Crippen LogP contribution is 2.24.